The standard InChI is InChI=1S/C20H26N4/c1-3-9-23-17-12-18-16(11-15(17)21-19(23)13-5-6-13)22-20(14-7-8-14)24(18)10-4-2/h11-14H,3-10H2,1-2H3. The molecule has 2 heterocycles. The summed E-state index contributed by atoms with van der Waals surface area (Å²) < 4.78 is 4.96. The van der Waals surface area contributed by atoms with E-state index in [-0.39, 0.29) is 0 Å². The van der Waals surface area contributed by atoms with Gasteiger partial charge in [0, 0.05) is 24.9 Å². The Kier molecular flexibility index (Phi) is 3.22. The molecule has 0 amide bonds. The van der Waals surface area contributed by atoms with E-state index in [1.807, 2.05) is 0 Å². The second kappa shape index (κ2) is 5.33. The van der Waals surface area contributed by atoms with Crippen molar-refractivity contribution in [2.45, 2.75) is 77.3 Å². The van der Waals surface area contributed by atoms with Crippen LogP contribution in [0.1, 0.15) is 75.9 Å². The molecule has 4 heteroatoms. The first-order valence-corrected chi connectivity index (χ1v) is 9.70. The molecular weight excluding hydrogens is 296 g/mol. The van der Waals surface area contributed by atoms with Crippen LogP contribution in [0.15, 0.2) is 12.1 Å². The molecule has 3 aromatic rings. The summed E-state index contributed by atoms with van der Waals surface area (Å²) in [6.07, 6.45) is 7.53. The Hall–Kier alpha value is -1.84. The van der Waals surface area contributed by atoms with Crippen molar-refractivity contribution in [1.29, 1.82) is 0 Å². The van der Waals surface area contributed by atoms with Crippen LogP contribution in [0.5, 0.6) is 0 Å². The number of benzene rings is 1. The maximum absolute atomic E-state index is 5.00. The Balaban J connectivity index is 1.74. The summed E-state index contributed by atoms with van der Waals surface area (Å²) in [5, 5.41) is 0. The molecule has 0 aliphatic heterocycles. The summed E-state index contributed by atoms with van der Waals surface area (Å²) in [7, 11) is 0. The lowest BCUT2D eigenvalue weighted by Gasteiger charge is -2.08. The Labute approximate surface area is 142 Å². The molecule has 4 nitrogen and oxygen atoms in total. The van der Waals surface area contributed by atoms with Crippen molar-refractivity contribution in [3.63, 3.8) is 0 Å². The second-order valence-electron chi connectivity index (χ2n) is 7.62. The van der Waals surface area contributed by atoms with Crippen molar-refractivity contribution in [2.75, 3.05) is 0 Å². The smallest absolute Gasteiger partial charge is 0.112 e. The minimum Gasteiger partial charge on any atom is -0.328 e. The monoisotopic (exact) mass is 322 g/mol. The van der Waals surface area contributed by atoms with Gasteiger partial charge in [-0.3, -0.25) is 0 Å². The molecule has 2 fully saturated rings. The van der Waals surface area contributed by atoms with Crippen LogP contribution in [0.3, 0.4) is 0 Å². The van der Waals surface area contributed by atoms with Crippen LogP contribution in [-0.4, -0.2) is 19.1 Å². The van der Waals surface area contributed by atoms with Crippen LogP contribution >= 0.6 is 0 Å². The molecule has 1 aromatic carbocycles. The van der Waals surface area contributed by atoms with Crippen LogP contribution in [0.25, 0.3) is 22.1 Å². The van der Waals surface area contributed by atoms with E-state index in [4.69, 9.17) is 9.97 Å². The number of rotatable bonds is 6. The summed E-state index contributed by atoms with van der Waals surface area (Å²) >= 11 is 0. The van der Waals surface area contributed by atoms with Gasteiger partial charge in [0.15, 0.2) is 0 Å². The van der Waals surface area contributed by atoms with Crippen molar-refractivity contribution in [3.05, 3.63) is 23.8 Å². The lowest BCUT2D eigenvalue weighted by molar-refractivity contribution is 0.652. The fourth-order valence-electron chi connectivity index (χ4n) is 4.00. The first kappa shape index (κ1) is 14.5. The molecule has 2 saturated carbocycles. The highest BCUT2D eigenvalue weighted by molar-refractivity contribution is 5.92. The average Bonchev–Trinajstić information content (AvgIpc) is 3.50. The summed E-state index contributed by atoms with van der Waals surface area (Å²) in [6.45, 7) is 6.66. The van der Waals surface area contributed by atoms with Gasteiger partial charge < -0.3 is 9.13 Å². The van der Waals surface area contributed by atoms with Gasteiger partial charge >= 0.3 is 0 Å². The van der Waals surface area contributed by atoms with Gasteiger partial charge in [0.1, 0.15) is 11.6 Å². The van der Waals surface area contributed by atoms with E-state index in [9.17, 15) is 0 Å². The van der Waals surface area contributed by atoms with Gasteiger partial charge in [0.05, 0.1) is 22.1 Å². The van der Waals surface area contributed by atoms with E-state index in [2.05, 4.69) is 35.1 Å². The normalized spacial score (nSPS) is 18.1. The number of imidazole rings is 2. The van der Waals surface area contributed by atoms with E-state index in [0.29, 0.717) is 11.8 Å². The molecular formula is C20H26N4. The summed E-state index contributed by atoms with van der Waals surface area (Å²) in [5.41, 5.74) is 4.90. The quantitative estimate of drug-likeness (QED) is 0.643. The molecule has 0 N–H and O–H groups in total. The van der Waals surface area contributed by atoms with Crippen LogP contribution in [-0.2, 0) is 13.1 Å². The minimum absolute atomic E-state index is 0.691. The van der Waals surface area contributed by atoms with Gasteiger partial charge in [-0.15, -0.1) is 0 Å². The topological polar surface area (TPSA) is 35.6 Å². The van der Waals surface area contributed by atoms with Gasteiger partial charge in [-0.2, -0.15) is 0 Å². The van der Waals surface area contributed by atoms with Crippen LogP contribution in [0.2, 0.25) is 0 Å². The highest BCUT2D eigenvalue weighted by Gasteiger charge is 2.31. The lowest BCUT2D eigenvalue weighted by atomic mass is 10.2. The van der Waals surface area contributed by atoms with Gasteiger partial charge in [-0.05, 0) is 50.7 Å². The van der Waals surface area contributed by atoms with E-state index >= 15 is 0 Å². The van der Waals surface area contributed by atoms with Gasteiger partial charge in [-0.25, -0.2) is 9.97 Å². The molecule has 0 saturated heterocycles. The number of fused-ring (bicyclic) bond motifs is 2. The SMILES string of the molecule is CCCn1c(C2CC2)nc2cc3nc(C4CC4)n(CCC)c3cc21. The molecule has 0 spiro atoms. The summed E-state index contributed by atoms with van der Waals surface area (Å²) in [4.78, 5) is 10.0. The van der Waals surface area contributed by atoms with Crippen LogP contribution in [0.4, 0.5) is 0 Å². The molecule has 0 radical (unpaired) electrons. The molecule has 2 aliphatic carbocycles. The molecule has 2 aliphatic rings. The third kappa shape index (κ3) is 2.19. The molecule has 5 rings (SSSR count). The van der Waals surface area contributed by atoms with Gasteiger partial charge in [0.25, 0.3) is 0 Å². The first-order chi connectivity index (χ1) is 11.8. The Bertz CT molecular complexity index is 837. The van der Waals surface area contributed by atoms with E-state index in [1.54, 1.807) is 0 Å². The zero-order valence-electron chi connectivity index (χ0n) is 14.8. The minimum atomic E-state index is 0.691. The van der Waals surface area contributed by atoms with Crippen molar-refractivity contribution < 1.29 is 0 Å². The third-order valence-electron chi connectivity index (χ3n) is 5.46. The molecule has 0 atom stereocenters. The fraction of sp³-hybridized carbons (Fsp3) is 0.600. The number of hydrogen-bond donors (Lipinski definition) is 0. The Morgan fingerprint density at radius 1 is 0.792 bits per heavy atom. The van der Waals surface area contributed by atoms with E-state index < -0.39 is 0 Å². The Morgan fingerprint density at radius 2 is 1.25 bits per heavy atom. The zero-order chi connectivity index (χ0) is 16.3. The third-order valence-corrected chi connectivity index (χ3v) is 5.46. The van der Waals surface area contributed by atoms with Gasteiger partial charge in [-0.1, -0.05) is 13.8 Å². The molecule has 126 valence electrons. The van der Waals surface area contributed by atoms with E-state index in [1.165, 1.54) is 48.4 Å². The van der Waals surface area contributed by atoms with Crippen molar-refractivity contribution in [2.24, 2.45) is 0 Å². The van der Waals surface area contributed by atoms with Crippen LogP contribution < -0.4 is 0 Å². The predicted octanol–water partition coefficient (Wildman–Crippen LogP) is 4.96. The maximum Gasteiger partial charge on any atom is 0.112 e. The fourth-order valence-corrected chi connectivity index (χ4v) is 4.00. The molecule has 0 unspecified atom stereocenters. The number of aromatic nitrogens is 4. The Morgan fingerprint density at radius 3 is 1.62 bits per heavy atom. The largest absolute Gasteiger partial charge is 0.328 e. The van der Waals surface area contributed by atoms with Crippen molar-refractivity contribution in [1.82, 2.24) is 19.1 Å². The lowest BCUT2D eigenvalue weighted by Crippen LogP contribution is -2.03. The highest BCUT2D eigenvalue weighted by Crippen LogP contribution is 2.43. The summed E-state index contributed by atoms with van der Waals surface area (Å²) in [5.74, 6) is 4.00. The zero-order valence-corrected chi connectivity index (χ0v) is 14.8. The van der Waals surface area contributed by atoms with Crippen molar-refractivity contribution in [3.8, 4) is 0 Å². The average molecular weight is 322 g/mol. The van der Waals surface area contributed by atoms with E-state index in [0.717, 1.165) is 37.0 Å². The van der Waals surface area contributed by atoms with Crippen molar-refractivity contribution >= 4 is 22.1 Å². The first-order valence-electron chi connectivity index (χ1n) is 9.70. The number of nitrogens with zero attached hydrogens (tertiary/aromatic N) is 4. The summed E-state index contributed by atoms with van der Waals surface area (Å²) in [6, 6.07) is 4.61. The van der Waals surface area contributed by atoms with Crippen LogP contribution in [0, 0.1) is 0 Å². The number of aryl methyl sites for hydroxylation is 2. The molecule has 0 bridgehead atoms. The maximum atomic E-state index is 5.00. The molecule has 24 heavy (non-hydrogen) atoms. The second-order valence-corrected chi connectivity index (χ2v) is 7.62. The van der Waals surface area contributed by atoms with Gasteiger partial charge in [0.2, 0.25) is 0 Å². The molecule has 2 aromatic heterocycles. The highest BCUT2D eigenvalue weighted by atomic mass is 15.1. The number of hydrogen-bond acceptors (Lipinski definition) is 2. The predicted molar refractivity (Wildman–Crippen MR) is 97.6 cm³/mol.